The van der Waals surface area contributed by atoms with Gasteiger partial charge in [0.1, 0.15) is 0 Å². The molecule has 1 aliphatic carbocycles. The number of urea groups is 1. The number of H-pyrrole nitrogens is 1. The molecule has 1 aromatic rings. The van der Waals surface area contributed by atoms with E-state index in [1.54, 1.807) is 4.90 Å². The van der Waals surface area contributed by atoms with Crippen molar-refractivity contribution in [2.24, 2.45) is 5.92 Å². The number of hydrogen-bond donors (Lipinski definition) is 3. The molecule has 6 heteroatoms. The standard InChI is InChI=1S/C14H22N4O2/c1-9-4-5-18(8-13(9)19)14(20)16-11-2-3-12-10(6-11)7-15-17-12/h7,9,11,13,19H,2-6,8H2,1H3,(H,15,17)(H,16,20). The van der Waals surface area contributed by atoms with Crippen LogP contribution in [0.2, 0.25) is 0 Å². The highest BCUT2D eigenvalue weighted by Gasteiger charge is 2.29. The molecule has 2 aliphatic rings. The predicted molar refractivity (Wildman–Crippen MR) is 74.3 cm³/mol. The van der Waals surface area contributed by atoms with Gasteiger partial charge >= 0.3 is 6.03 Å². The van der Waals surface area contributed by atoms with E-state index >= 15 is 0 Å². The van der Waals surface area contributed by atoms with E-state index in [1.165, 1.54) is 11.3 Å². The zero-order valence-electron chi connectivity index (χ0n) is 11.8. The lowest BCUT2D eigenvalue weighted by Gasteiger charge is -2.35. The summed E-state index contributed by atoms with van der Waals surface area (Å²) in [5.74, 6) is 0.280. The molecule has 0 saturated carbocycles. The van der Waals surface area contributed by atoms with Gasteiger partial charge in [0.2, 0.25) is 0 Å². The van der Waals surface area contributed by atoms with Gasteiger partial charge < -0.3 is 15.3 Å². The smallest absolute Gasteiger partial charge is 0.317 e. The third kappa shape index (κ3) is 2.65. The van der Waals surface area contributed by atoms with Crippen LogP contribution in [0.25, 0.3) is 0 Å². The first-order chi connectivity index (χ1) is 9.63. The maximum atomic E-state index is 12.2. The van der Waals surface area contributed by atoms with Crippen molar-refractivity contribution in [2.45, 2.75) is 44.8 Å². The van der Waals surface area contributed by atoms with Gasteiger partial charge in [0, 0.05) is 24.8 Å². The summed E-state index contributed by atoms with van der Waals surface area (Å²) < 4.78 is 0. The first-order valence-electron chi connectivity index (χ1n) is 7.38. The Morgan fingerprint density at radius 3 is 3.20 bits per heavy atom. The van der Waals surface area contributed by atoms with Crippen LogP contribution in [0.15, 0.2) is 6.20 Å². The number of aliphatic hydroxyl groups excluding tert-OH is 1. The maximum absolute atomic E-state index is 12.2. The molecule has 3 atom stereocenters. The number of aryl methyl sites for hydroxylation is 1. The van der Waals surface area contributed by atoms with Gasteiger partial charge in [-0.2, -0.15) is 5.10 Å². The summed E-state index contributed by atoms with van der Waals surface area (Å²) in [5.41, 5.74) is 2.39. The van der Waals surface area contributed by atoms with E-state index in [1.807, 2.05) is 13.1 Å². The van der Waals surface area contributed by atoms with Crippen LogP contribution in [0.3, 0.4) is 0 Å². The molecule has 2 amide bonds. The first-order valence-corrected chi connectivity index (χ1v) is 7.38. The van der Waals surface area contributed by atoms with Crippen molar-refractivity contribution in [1.29, 1.82) is 0 Å². The topological polar surface area (TPSA) is 81.2 Å². The van der Waals surface area contributed by atoms with E-state index in [0.717, 1.165) is 32.2 Å². The zero-order valence-corrected chi connectivity index (χ0v) is 11.8. The Kier molecular flexibility index (Phi) is 3.65. The summed E-state index contributed by atoms with van der Waals surface area (Å²) in [6, 6.07) is 0.122. The number of nitrogens with one attached hydrogen (secondary N) is 2. The number of aliphatic hydroxyl groups is 1. The molecular weight excluding hydrogens is 256 g/mol. The molecular formula is C14H22N4O2. The number of rotatable bonds is 1. The van der Waals surface area contributed by atoms with Gasteiger partial charge in [-0.05, 0) is 37.2 Å². The molecule has 1 fully saturated rings. The lowest BCUT2D eigenvalue weighted by molar-refractivity contribution is 0.0429. The molecule has 6 nitrogen and oxygen atoms in total. The second-order valence-corrected chi connectivity index (χ2v) is 6.04. The normalized spacial score (nSPS) is 29.9. The highest BCUT2D eigenvalue weighted by atomic mass is 16.3. The summed E-state index contributed by atoms with van der Waals surface area (Å²) in [6.07, 6.45) is 5.02. The monoisotopic (exact) mass is 278 g/mol. The van der Waals surface area contributed by atoms with Crippen molar-refractivity contribution < 1.29 is 9.90 Å². The number of aromatic nitrogens is 2. The third-order valence-corrected chi connectivity index (χ3v) is 4.55. The minimum atomic E-state index is -0.402. The lowest BCUT2D eigenvalue weighted by Crippen LogP contribution is -2.52. The summed E-state index contributed by atoms with van der Waals surface area (Å²) >= 11 is 0. The van der Waals surface area contributed by atoms with Gasteiger partial charge in [0.05, 0.1) is 12.3 Å². The highest BCUT2D eigenvalue weighted by molar-refractivity contribution is 5.74. The van der Waals surface area contributed by atoms with Crippen LogP contribution < -0.4 is 5.32 Å². The predicted octanol–water partition coefficient (Wildman–Crippen LogP) is 0.679. The Morgan fingerprint density at radius 1 is 1.55 bits per heavy atom. The van der Waals surface area contributed by atoms with E-state index < -0.39 is 6.10 Å². The molecule has 1 aliphatic heterocycles. The van der Waals surface area contributed by atoms with Crippen LogP contribution in [-0.2, 0) is 12.8 Å². The SMILES string of the molecule is CC1CCN(C(=O)NC2CCc3[nH]ncc3C2)CC1O. The van der Waals surface area contributed by atoms with Crippen molar-refractivity contribution in [2.75, 3.05) is 13.1 Å². The van der Waals surface area contributed by atoms with Crippen molar-refractivity contribution >= 4 is 6.03 Å². The Bertz CT molecular complexity index is 487. The Morgan fingerprint density at radius 2 is 2.40 bits per heavy atom. The Labute approximate surface area is 118 Å². The highest BCUT2D eigenvalue weighted by Crippen LogP contribution is 2.20. The molecule has 1 aromatic heterocycles. The number of amides is 2. The fourth-order valence-corrected chi connectivity index (χ4v) is 3.04. The minimum Gasteiger partial charge on any atom is -0.391 e. The van der Waals surface area contributed by atoms with E-state index in [-0.39, 0.29) is 18.0 Å². The van der Waals surface area contributed by atoms with E-state index in [0.29, 0.717) is 6.54 Å². The Balaban J connectivity index is 1.55. The fourth-order valence-electron chi connectivity index (χ4n) is 3.04. The van der Waals surface area contributed by atoms with Crippen LogP contribution in [0.5, 0.6) is 0 Å². The molecule has 20 heavy (non-hydrogen) atoms. The largest absolute Gasteiger partial charge is 0.391 e. The summed E-state index contributed by atoms with van der Waals surface area (Å²) in [7, 11) is 0. The second kappa shape index (κ2) is 5.44. The molecule has 2 heterocycles. The van der Waals surface area contributed by atoms with Crippen molar-refractivity contribution in [3.8, 4) is 0 Å². The van der Waals surface area contributed by atoms with Gasteiger partial charge in [0.15, 0.2) is 0 Å². The third-order valence-electron chi connectivity index (χ3n) is 4.55. The number of nitrogens with zero attached hydrogens (tertiary/aromatic N) is 2. The van der Waals surface area contributed by atoms with E-state index in [9.17, 15) is 9.90 Å². The minimum absolute atomic E-state index is 0.0482. The van der Waals surface area contributed by atoms with Gasteiger partial charge in [-0.25, -0.2) is 4.79 Å². The molecule has 0 spiro atoms. The van der Waals surface area contributed by atoms with Crippen molar-refractivity contribution in [3.05, 3.63) is 17.5 Å². The molecule has 0 radical (unpaired) electrons. The van der Waals surface area contributed by atoms with E-state index in [4.69, 9.17) is 0 Å². The first kappa shape index (κ1) is 13.4. The van der Waals surface area contributed by atoms with Gasteiger partial charge in [-0.15, -0.1) is 0 Å². The number of hydrogen-bond acceptors (Lipinski definition) is 3. The number of aromatic amines is 1. The molecule has 3 unspecified atom stereocenters. The molecule has 0 bridgehead atoms. The summed E-state index contributed by atoms with van der Waals surface area (Å²) in [5, 5.41) is 20.0. The molecule has 110 valence electrons. The molecule has 1 saturated heterocycles. The van der Waals surface area contributed by atoms with Crippen LogP contribution in [0.1, 0.15) is 31.0 Å². The van der Waals surface area contributed by atoms with Crippen LogP contribution in [0, 0.1) is 5.92 Å². The second-order valence-electron chi connectivity index (χ2n) is 6.04. The van der Waals surface area contributed by atoms with Crippen molar-refractivity contribution in [3.63, 3.8) is 0 Å². The lowest BCUT2D eigenvalue weighted by atomic mass is 9.93. The van der Waals surface area contributed by atoms with E-state index in [2.05, 4.69) is 15.5 Å². The molecule has 3 N–H and O–H groups in total. The molecule has 3 rings (SSSR count). The number of likely N-dealkylation sites (tertiary alicyclic amines) is 1. The van der Waals surface area contributed by atoms with Crippen LogP contribution in [0.4, 0.5) is 4.79 Å². The van der Waals surface area contributed by atoms with Gasteiger partial charge in [-0.1, -0.05) is 6.92 Å². The number of piperidine rings is 1. The number of fused-ring (bicyclic) bond motifs is 1. The fraction of sp³-hybridized carbons (Fsp3) is 0.714. The quantitative estimate of drug-likeness (QED) is 0.706. The summed E-state index contributed by atoms with van der Waals surface area (Å²) in [4.78, 5) is 14.0. The van der Waals surface area contributed by atoms with Gasteiger partial charge in [0.25, 0.3) is 0 Å². The van der Waals surface area contributed by atoms with Gasteiger partial charge in [-0.3, -0.25) is 5.10 Å². The van der Waals surface area contributed by atoms with Crippen LogP contribution >= 0.6 is 0 Å². The number of β-amino-alcohol motifs (C(OH)–C–C–N with tert-alkyl or cyclic N) is 1. The number of carbonyl (C=O) groups excluding carboxylic acids is 1. The average molecular weight is 278 g/mol. The maximum Gasteiger partial charge on any atom is 0.317 e. The zero-order chi connectivity index (χ0) is 14.1. The van der Waals surface area contributed by atoms with Crippen molar-refractivity contribution in [1.82, 2.24) is 20.4 Å². The number of carbonyl (C=O) groups is 1. The summed E-state index contributed by atoms with van der Waals surface area (Å²) in [6.45, 7) is 3.20. The Hall–Kier alpha value is -1.56. The average Bonchev–Trinajstić information content (AvgIpc) is 2.89. The van der Waals surface area contributed by atoms with Crippen LogP contribution in [-0.4, -0.2) is 51.5 Å². The molecule has 0 aromatic carbocycles.